The molecule has 146 valence electrons. The minimum Gasteiger partial charge on any atom is -0.352 e. The molecule has 3 aromatic rings. The third-order valence-electron chi connectivity index (χ3n) is 4.78. The normalized spacial score (nSPS) is 15.1. The Balaban J connectivity index is 1.58. The lowest BCUT2D eigenvalue weighted by Gasteiger charge is -2.37. The fourth-order valence-corrected chi connectivity index (χ4v) is 4.36. The summed E-state index contributed by atoms with van der Waals surface area (Å²) in [6.45, 7) is 8.87. The predicted molar refractivity (Wildman–Crippen MR) is 115 cm³/mol. The van der Waals surface area contributed by atoms with Crippen molar-refractivity contribution in [2.75, 3.05) is 31.1 Å². The van der Waals surface area contributed by atoms with Gasteiger partial charge in [-0.1, -0.05) is 30.3 Å². The van der Waals surface area contributed by atoms with Gasteiger partial charge in [-0.15, -0.1) is 11.3 Å². The molecule has 1 fully saturated rings. The SMILES string of the molecule is CC(C)(C)NC(=O)N1CCN(c2ncnc3scc(-c4ccccc4)c23)CC1. The summed E-state index contributed by atoms with van der Waals surface area (Å²) in [4.78, 5) is 26.7. The standard InChI is InChI=1S/C21H25N5OS/c1-21(2,3)24-20(27)26-11-9-25(10-12-26)18-17-16(15-7-5-4-6-8-15)13-28-19(17)23-14-22-18/h4-8,13-14H,9-12H2,1-3H3,(H,24,27). The molecular formula is C21H25N5OS. The number of urea groups is 1. The van der Waals surface area contributed by atoms with Gasteiger partial charge in [0, 0.05) is 42.7 Å². The summed E-state index contributed by atoms with van der Waals surface area (Å²) < 4.78 is 0. The van der Waals surface area contributed by atoms with Gasteiger partial charge in [0.15, 0.2) is 0 Å². The fraction of sp³-hybridized carbons (Fsp3) is 0.381. The van der Waals surface area contributed by atoms with Crippen LogP contribution in [0, 0.1) is 0 Å². The lowest BCUT2D eigenvalue weighted by molar-refractivity contribution is 0.185. The zero-order valence-corrected chi connectivity index (χ0v) is 17.3. The van der Waals surface area contributed by atoms with Crippen LogP contribution in [0.5, 0.6) is 0 Å². The second-order valence-electron chi connectivity index (χ2n) is 8.05. The number of benzene rings is 1. The Morgan fingerprint density at radius 3 is 2.46 bits per heavy atom. The summed E-state index contributed by atoms with van der Waals surface area (Å²) in [6, 6.07) is 10.4. The minimum absolute atomic E-state index is 0.000456. The summed E-state index contributed by atoms with van der Waals surface area (Å²) in [5.41, 5.74) is 2.12. The van der Waals surface area contributed by atoms with Crippen molar-refractivity contribution in [3.05, 3.63) is 42.0 Å². The van der Waals surface area contributed by atoms with Crippen molar-refractivity contribution in [3.8, 4) is 11.1 Å². The van der Waals surface area contributed by atoms with E-state index in [9.17, 15) is 4.79 Å². The van der Waals surface area contributed by atoms with Gasteiger partial charge in [-0.2, -0.15) is 0 Å². The molecule has 1 aromatic carbocycles. The Kier molecular flexibility index (Phi) is 4.93. The highest BCUT2D eigenvalue weighted by Crippen LogP contribution is 2.37. The number of rotatable bonds is 2. The van der Waals surface area contributed by atoms with Crippen LogP contribution in [-0.4, -0.2) is 52.6 Å². The Labute approximate surface area is 169 Å². The van der Waals surface area contributed by atoms with Crippen molar-refractivity contribution in [2.45, 2.75) is 26.3 Å². The molecule has 0 bridgehead atoms. The van der Waals surface area contributed by atoms with Gasteiger partial charge in [0.05, 0.1) is 5.39 Å². The van der Waals surface area contributed by atoms with Crippen molar-refractivity contribution in [2.24, 2.45) is 0 Å². The van der Waals surface area contributed by atoms with Crippen LogP contribution in [-0.2, 0) is 0 Å². The molecular weight excluding hydrogens is 370 g/mol. The summed E-state index contributed by atoms with van der Waals surface area (Å²) in [6.07, 6.45) is 1.64. The molecule has 3 heterocycles. The Hall–Kier alpha value is -2.67. The molecule has 1 aliphatic heterocycles. The van der Waals surface area contributed by atoms with Gasteiger partial charge in [-0.05, 0) is 26.3 Å². The molecule has 0 atom stereocenters. The number of nitrogens with zero attached hydrogens (tertiary/aromatic N) is 4. The maximum atomic E-state index is 12.4. The molecule has 0 saturated carbocycles. The molecule has 2 amide bonds. The smallest absolute Gasteiger partial charge is 0.317 e. The third kappa shape index (κ3) is 3.80. The highest BCUT2D eigenvalue weighted by atomic mass is 32.1. The zero-order chi connectivity index (χ0) is 19.7. The maximum absolute atomic E-state index is 12.4. The molecule has 7 heteroatoms. The molecule has 0 aliphatic carbocycles. The molecule has 28 heavy (non-hydrogen) atoms. The van der Waals surface area contributed by atoms with Gasteiger partial charge in [0.25, 0.3) is 0 Å². The van der Waals surface area contributed by atoms with Gasteiger partial charge in [0.2, 0.25) is 0 Å². The number of carbonyl (C=O) groups is 1. The van der Waals surface area contributed by atoms with E-state index in [1.54, 1.807) is 17.7 Å². The molecule has 0 spiro atoms. The minimum atomic E-state index is -0.228. The Morgan fingerprint density at radius 2 is 1.79 bits per heavy atom. The van der Waals surface area contributed by atoms with Gasteiger partial charge < -0.3 is 15.1 Å². The fourth-order valence-electron chi connectivity index (χ4n) is 3.45. The van der Waals surface area contributed by atoms with Crippen molar-refractivity contribution in [1.82, 2.24) is 20.2 Å². The molecule has 0 radical (unpaired) electrons. The molecule has 2 aromatic heterocycles. The zero-order valence-electron chi connectivity index (χ0n) is 16.5. The number of thiophene rings is 1. The van der Waals surface area contributed by atoms with Gasteiger partial charge >= 0.3 is 6.03 Å². The number of hydrogen-bond acceptors (Lipinski definition) is 5. The molecule has 1 N–H and O–H groups in total. The van der Waals surface area contributed by atoms with Crippen LogP contribution in [0.1, 0.15) is 20.8 Å². The first-order valence-electron chi connectivity index (χ1n) is 9.52. The topological polar surface area (TPSA) is 61.4 Å². The number of piperazine rings is 1. The van der Waals surface area contributed by atoms with Crippen molar-refractivity contribution < 1.29 is 4.79 Å². The molecule has 1 aliphatic rings. The molecule has 4 rings (SSSR count). The van der Waals surface area contributed by atoms with Crippen molar-refractivity contribution in [1.29, 1.82) is 0 Å². The van der Waals surface area contributed by atoms with E-state index in [4.69, 9.17) is 0 Å². The van der Waals surface area contributed by atoms with Crippen LogP contribution in [0.25, 0.3) is 21.3 Å². The Bertz CT molecular complexity index is 971. The van der Waals surface area contributed by atoms with Crippen LogP contribution in [0.2, 0.25) is 0 Å². The summed E-state index contributed by atoms with van der Waals surface area (Å²) in [5, 5.41) is 6.31. The number of nitrogens with one attached hydrogen (secondary N) is 1. The molecule has 1 saturated heterocycles. The number of carbonyl (C=O) groups excluding carboxylic acids is 1. The highest BCUT2D eigenvalue weighted by molar-refractivity contribution is 7.17. The largest absolute Gasteiger partial charge is 0.352 e. The van der Waals surface area contributed by atoms with Crippen LogP contribution >= 0.6 is 11.3 Å². The van der Waals surface area contributed by atoms with Crippen LogP contribution in [0.15, 0.2) is 42.0 Å². The van der Waals surface area contributed by atoms with Gasteiger partial charge in [0.1, 0.15) is 17.0 Å². The predicted octanol–water partition coefficient (Wildman–Crippen LogP) is 3.99. The van der Waals surface area contributed by atoms with Crippen molar-refractivity contribution >= 4 is 33.4 Å². The van der Waals surface area contributed by atoms with E-state index in [-0.39, 0.29) is 11.6 Å². The first kappa shape index (κ1) is 18.7. The summed E-state index contributed by atoms with van der Waals surface area (Å²) >= 11 is 1.65. The van der Waals surface area contributed by atoms with Gasteiger partial charge in [-0.25, -0.2) is 14.8 Å². The lowest BCUT2D eigenvalue weighted by atomic mass is 10.1. The maximum Gasteiger partial charge on any atom is 0.317 e. The second kappa shape index (κ2) is 7.39. The third-order valence-corrected chi connectivity index (χ3v) is 5.67. The van der Waals surface area contributed by atoms with Crippen molar-refractivity contribution in [3.63, 3.8) is 0 Å². The highest BCUT2D eigenvalue weighted by Gasteiger charge is 2.26. The van der Waals surface area contributed by atoms with E-state index in [2.05, 4.69) is 49.8 Å². The first-order valence-corrected chi connectivity index (χ1v) is 10.4. The Morgan fingerprint density at radius 1 is 1.07 bits per heavy atom. The summed E-state index contributed by atoms with van der Waals surface area (Å²) in [7, 11) is 0. The van der Waals surface area contributed by atoms with E-state index in [1.807, 2.05) is 31.7 Å². The average Bonchev–Trinajstić information content (AvgIpc) is 3.12. The summed E-state index contributed by atoms with van der Waals surface area (Å²) in [5.74, 6) is 0.959. The quantitative estimate of drug-likeness (QED) is 0.713. The monoisotopic (exact) mass is 395 g/mol. The number of aromatic nitrogens is 2. The van der Waals surface area contributed by atoms with Crippen LogP contribution in [0.3, 0.4) is 0 Å². The van der Waals surface area contributed by atoms with Crippen LogP contribution in [0.4, 0.5) is 10.6 Å². The van der Waals surface area contributed by atoms with Gasteiger partial charge in [-0.3, -0.25) is 0 Å². The first-order chi connectivity index (χ1) is 13.4. The van der Waals surface area contributed by atoms with E-state index < -0.39 is 0 Å². The number of hydrogen-bond donors (Lipinski definition) is 1. The van der Waals surface area contributed by atoms with E-state index in [1.165, 1.54) is 11.1 Å². The second-order valence-corrected chi connectivity index (χ2v) is 8.91. The number of anilines is 1. The van der Waals surface area contributed by atoms with E-state index >= 15 is 0 Å². The molecule has 6 nitrogen and oxygen atoms in total. The molecule has 0 unspecified atom stereocenters. The van der Waals surface area contributed by atoms with Crippen LogP contribution < -0.4 is 10.2 Å². The van der Waals surface area contributed by atoms with E-state index in [0.29, 0.717) is 13.1 Å². The number of fused-ring (bicyclic) bond motifs is 1. The van der Waals surface area contributed by atoms with E-state index in [0.717, 1.165) is 29.1 Å². The average molecular weight is 396 g/mol. The lowest BCUT2D eigenvalue weighted by Crippen LogP contribution is -2.55. The number of amides is 2.